The molecule has 45 heavy (non-hydrogen) atoms. The summed E-state index contributed by atoms with van der Waals surface area (Å²) in [5.74, 6) is -0.887. The fourth-order valence-electron chi connectivity index (χ4n) is 5.60. The summed E-state index contributed by atoms with van der Waals surface area (Å²) in [5.41, 5.74) is 4.26. The number of hydrogen-bond acceptors (Lipinski definition) is 6. The zero-order valence-corrected chi connectivity index (χ0v) is 26.0. The summed E-state index contributed by atoms with van der Waals surface area (Å²) in [4.78, 5) is 56.5. The number of carbonyl (C=O) groups excluding carboxylic acids is 3. The van der Waals surface area contributed by atoms with Gasteiger partial charge in [0, 0.05) is 51.0 Å². The molecule has 234 valence electrons. The second-order valence-electron chi connectivity index (χ2n) is 11.5. The first kappa shape index (κ1) is 31.5. The van der Waals surface area contributed by atoms with Crippen LogP contribution in [0.25, 0.3) is 11.0 Å². The van der Waals surface area contributed by atoms with E-state index in [2.05, 4.69) is 48.3 Å². The van der Waals surface area contributed by atoms with Gasteiger partial charge >= 0.3 is 0 Å². The number of fused-ring (bicyclic) bond motifs is 1. The third-order valence-electron chi connectivity index (χ3n) is 8.23. The van der Waals surface area contributed by atoms with Crippen LogP contribution in [0.2, 0.25) is 0 Å². The van der Waals surface area contributed by atoms with Crippen molar-refractivity contribution in [2.45, 2.75) is 33.1 Å². The molecule has 1 aromatic heterocycles. The van der Waals surface area contributed by atoms with E-state index in [9.17, 15) is 19.2 Å². The molecule has 1 N–H and O–H groups in total. The van der Waals surface area contributed by atoms with Crippen LogP contribution < -0.4 is 15.6 Å². The predicted octanol–water partition coefficient (Wildman–Crippen LogP) is 4.80. The standard InChI is InChI=1S/C28H30N4O5.C8H10/c33-23-18-25(37-24-11-5-3-9-21(23)24)27(35)29-19-26(34)31-16-14-30(15-17-31)22-10-4-2-8-20(22)28(36)32-12-6-1-7-13-32;1-7-3-5-8(2)6-4-7/h2-5,8-11,18H,1,6-7,12-17,19H2,(H,29,35);3-6H,1-2H3. The van der Waals surface area contributed by atoms with Gasteiger partial charge in [-0.2, -0.15) is 0 Å². The molecule has 2 fully saturated rings. The van der Waals surface area contributed by atoms with Crippen LogP contribution in [0.4, 0.5) is 5.69 Å². The number of nitrogens with zero attached hydrogens (tertiary/aromatic N) is 3. The van der Waals surface area contributed by atoms with Gasteiger partial charge in [-0.3, -0.25) is 19.2 Å². The van der Waals surface area contributed by atoms with Gasteiger partial charge in [0.2, 0.25) is 5.91 Å². The van der Waals surface area contributed by atoms with E-state index in [0.29, 0.717) is 42.7 Å². The average molecular weight is 609 g/mol. The van der Waals surface area contributed by atoms with E-state index >= 15 is 0 Å². The summed E-state index contributed by atoms with van der Waals surface area (Å²) >= 11 is 0. The van der Waals surface area contributed by atoms with Crippen molar-refractivity contribution in [3.05, 3.63) is 112 Å². The Kier molecular flexibility index (Phi) is 10.3. The SMILES string of the molecule is Cc1ccc(C)cc1.O=C(NCC(=O)N1CCN(c2ccccc2C(=O)N2CCCCC2)CC1)c1cc(=O)c2ccccc2o1. The maximum atomic E-state index is 13.2. The number of piperidine rings is 1. The zero-order chi connectivity index (χ0) is 31.8. The first-order valence-electron chi connectivity index (χ1n) is 15.6. The molecule has 0 radical (unpaired) electrons. The van der Waals surface area contributed by atoms with Crippen LogP contribution in [0, 0.1) is 13.8 Å². The Morgan fingerprint density at radius 1 is 0.733 bits per heavy atom. The van der Waals surface area contributed by atoms with Crippen molar-refractivity contribution in [2.75, 3.05) is 50.7 Å². The van der Waals surface area contributed by atoms with Gasteiger partial charge in [0.25, 0.3) is 11.8 Å². The fourth-order valence-corrected chi connectivity index (χ4v) is 5.60. The predicted molar refractivity (Wildman–Crippen MR) is 176 cm³/mol. The van der Waals surface area contributed by atoms with E-state index < -0.39 is 5.91 Å². The van der Waals surface area contributed by atoms with E-state index in [1.165, 1.54) is 17.5 Å². The van der Waals surface area contributed by atoms with Crippen LogP contribution in [-0.2, 0) is 4.79 Å². The second kappa shape index (κ2) is 14.7. The van der Waals surface area contributed by atoms with E-state index in [4.69, 9.17) is 4.42 Å². The van der Waals surface area contributed by atoms with E-state index in [1.54, 1.807) is 29.2 Å². The largest absolute Gasteiger partial charge is 0.451 e. The van der Waals surface area contributed by atoms with Gasteiger partial charge in [0.1, 0.15) is 5.58 Å². The molecule has 2 aliphatic rings. The number of anilines is 1. The molecule has 0 saturated carbocycles. The summed E-state index contributed by atoms with van der Waals surface area (Å²) < 4.78 is 5.54. The summed E-state index contributed by atoms with van der Waals surface area (Å²) in [7, 11) is 0. The van der Waals surface area contributed by atoms with Crippen molar-refractivity contribution < 1.29 is 18.8 Å². The highest BCUT2D eigenvalue weighted by molar-refractivity contribution is 6.00. The molecule has 0 spiro atoms. The highest BCUT2D eigenvalue weighted by Crippen LogP contribution is 2.25. The fraction of sp³-hybridized carbons (Fsp3) is 0.333. The normalized spacial score (nSPS) is 14.8. The van der Waals surface area contributed by atoms with Gasteiger partial charge in [0.15, 0.2) is 11.2 Å². The lowest BCUT2D eigenvalue weighted by Crippen LogP contribution is -2.51. The number of piperazine rings is 1. The molecule has 9 heteroatoms. The Bertz CT molecular complexity index is 1680. The Hall–Kier alpha value is -4.92. The Labute approximate surface area is 263 Å². The number of likely N-dealkylation sites (tertiary alicyclic amines) is 1. The summed E-state index contributed by atoms with van der Waals surface area (Å²) in [6.45, 7) is 7.72. The van der Waals surface area contributed by atoms with E-state index in [1.807, 2.05) is 29.2 Å². The van der Waals surface area contributed by atoms with Crippen LogP contribution >= 0.6 is 0 Å². The molecule has 3 aromatic carbocycles. The summed E-state index contributed by atoms with van der Waals surface area (Å²) in [5, 5.41) is 2.96. The lowest BCUT2D eigenvalue weighted by atomic mass is 10.1. The molecule has 3 heterocycles. The third-order valence-corrected chi connectivity index (χ3v) is 8.23. The Balaban J connectivity index is 0.000000436. The smallest absolute Gasteiger partial charge is 0.287 e. The molecule has 0 bridgehead atoms. The number of hydrogen-bond donors (Lipinski definition) is 1. The summed E-state index contributed by atoms with van der Waals surface area (Å²) in [6.07, 6.45) is 3.25. The lowest BCUT2D eigenvalue weighted by molar-refractivity contribution is -0.130. The first-order chi connectivity index (χ1) is 21.8. The van der Waals surface area contributed by atoms with E-state index in [-0.39, 0.29) is 29.5 Å². The summed E-state index contributed by atoms with van der Waals surface area (Å²) in [6, 6.07) is 24.0. The van der Waals surface area contributed by atoms with Gasteiger partial charge in [-0.25, -0.2) is 0 Å². The minimum absolute atomic E-state index is 0.0665. The molecule has 9 nitrogen and oxygen atoms in total. The van der Waals surface area contributed by atoms with Crippen molar-refractivity contribution >= 4 is 34.4 Å². The molecular formula is C36H40N4O5. The monoisotopic (exact) mass is 608 g/mol. The maximum absolute atomic E-state index is 13.2. The molecule has 0 aliphatic carbocycles. The topological polar surface area (TPSA) is 103 Å². The van der Waals surface area contributed by atoms with Gasteiger partial charge in [-0.05, 0) is 57.4 Å². The molecule has 3 amide bonds. The third kappa shape index (κ3) is 7.98. The van der Waals surface area contributed by atoms with Gasteiger partial charge in [-0.1, -0.05) is 59.7 Å². The van der Waals surface area contributed by atoms with Crippen LogP contribution in [0.3, 0.4) is 0 Å². The van der Waals surface area contributed by atoms with Gasteiger partial charge in [-0.15, -0.1) is 0 Å². The Morgan fingerprint density at radius 2 is 1.36 bits per heavy atom. The second-order valence-corrected chi connectivity index (χ2v) is 11.5. The minimum Gasteiger partial charge on any atom is -0.451 e. The highest BCUT2D eigenvalue weighted by Gasteiger charge is 2.26. The first-order valence-corrected chi connectivity index (χ1v) is 15.6. The maximum Gasteiger partial charge on any atom is 0.287 e. The number of carbonyl (C=O) groups is 3. The van der Waals surface area contributed by atoms with Crippen molar-refractivity contribution in [3.63, 3.8) is 0 Å². The van der Waals surface area contributed by atoms with Crippen LogP contribution in [-0.4, -0.2) is 73.3 Å². The van der Waals surface area contributed by atoms with Crippen LogP contribution in [0.5, 0.6) is 0 Å². The molecular weight excluding hydrogens is 568 g/mol. The van der Waals surface area contributed by atoms with E-state index in [0.717, 1.165) is 37.7 Å². The van der Waals surface area contributed by atoms with Crippen LogP contribution in [0.15, 0.2) is 88.1 Å². The van der Waals surface area contributed by atoms with Gasteiger partial charge < -0.3 is 24.4 Å². The van der Waals surface area contributed by atoms with Crippen molar-refractivity contribution in [1.29, 1.82) is 0 Å². The molecule has 6 rings (SSSR count). The molecule has 0 unspecified atom stereocenters. The molecule has 2 saturated heterocycles. The highest BCUT2D eigenvalue weighted by atomic mass is 16.3. The Morgan fingerprint density at radius 3 is 2.04 bits per heavy atom. The number of benzene rings is 3. The van der Waals surface area contributed by atoms with Crippen molar-refractivity contribution in [1.82, 2.24) is 15.1 Å². The number of amides is 3. The minimum atomic E-state index is -0.611. The zero-order valence-electron chi connectivity index (χ0n) is 26.0. The lowest BCUT2D eigenvalue weighted by Gasteiger charge is -2.37. The van der Waals surface area contributed by atoms with Crippen molar-refractivity contribution in [2.24, 2.45) is 0 Å². The number of aryl methyl sites for hydroxylation is 2. The van der Waals surface area contributed by atoms with Gasteiger partial charge in [0.05, 0.1) is 17.5 Å². The van der Waals surface area contributed by atoms with Crippen LogP contribution in [0.1, 0.15) is 51.3 Å². The number of para-hydroxylation sites is 2. The molecule has 4 aromatic rings. The number of nitrogens with one attached hydrogen (secondary N) is 1. The average Bonchev–Trinajstić information content (AvgIpc) is 3.08. The molecule has 2 aliphatic heterocycles. The quantitative estimate of drug-likeness (QED) is 0.349. The van der Waals surface area contributed by atoms with Crippen molar-refractivity contribution in [3.8, 4) is 0 Å². The number of rotatable bonds is 5. The molecule has 0 atom stereocenters.